The van der Waals surface area contributed by atoms with Crippen LogP contribution in [0.3, 0.4) is 0 Å². The van der Waals surface area contributed by atoms with Gasteiger partial charge in [-0.1, -0.05) is 23.7 Å². The van der Waals surface area contributed by atoms with Gasteiger partial charge in [0, 0.05) is 17.3 Å². The minimum atomic E-state index is -3.97. The Morgan fingerprint density at radius 3 is 2.62 bits per heavy atom. The number of sulfonamides is 1. The van der Waals surface area contributed by atoms with E-state index in [9.17, 15) is 18.0 Å². The van der Waals surface area contributed by atoms with Gasteiger partial charge in [-0.2, -0.15) is 5.10 Å². The maximum atomic E-state index is 12.7. The van der Waals surface area contributed by atoms with E-state index in [1.807, 2.05) is 0 Å². The van der Waals surface area contributed by atoms with Gasteiger partial charge in [0.2, 0.25) is 0 Å². The first-order valence-electron chi connectivity index (χ1n) is 8.08. The average molecular weight is 436 g/mol. The Morgan fingerprint density at radius 1 is 1.17 bits per heavy atom. The van der Waals surface area contributed by atoms with Crippen molar-refractivity contribution in [1.82, 2.24) is 10.2 Å². The van der Waals surface area contributed by atoms with Gasteiger partial charge in [-0.15, -0.1) is 0 Å². The van der Waals surface area contributed by atoms with E-state index in [4.69, 9.17) is 21.4 Å². The highest BCUT2D eigenvalue weighted by atomic mass is 35.5. The molecule has 3 N–H and O–H groups in total. The number of carboxylic acids is 1. The molecule has 9 nitrogen and oxygen atoms in total. The van der Waals surface area contributed by atoms with Gasteiger partial charge in [-0.05, 0) is 36.4 Å². The van der Waals surface area contributed by atoms with Crippen LogP contribution in [0.1, 0.15) is 0 Å². The molecule has 0 saturated carbocycles. The highest BCUT2D eigenvalue weighted by Crippen LogP contribution is 2.29. The van der Waals surface area contributed by atoms with Crippen LogP contribution in [0.5, 0.6) is 5.75 Å². The summed E-state index contributed by atoms with van der Waals surface area (Å²) in [7, 11) is -3.97. The summed E-state index contributed by atoms with van der Waals surface area (Å²) in [5, 5.41) is 14.8. The van der Waals surface area contributed by atoms with Crippen molar-refractivity contribution in [1.29, 1.82) is 0 Å². The maximum Gasteiger partial charge on any atom is 0.341 e. The first-order chi connectivity index (χ1) is 13.7. The number of ether oxygens (including phenoxy) is 1. The zero-order valence-corrected chi connectivity index (χ0v) is 16.2. The van der Waals surface area contributed by atoms with Crippen LogP contribution < -0.4 is 15.0 Å². The van der Waals surface area contributed by atoms with Crippen molar-refractivity contribution in [2.24, 2.45) is 0 Å². The van der Waals surface area contributed by atoms with Crippen LogP contribution in [-0.4, -0.2) is 36.3 Å². The number of halogens is 1. The molecule has 29 heavy (non-hydrogen) atoms. The molecule has 3 rings (SSSR count). The van der Waals surface area contributed by atoms with Crippen LogP contribution in [-0.2, 0) is 14.8 Å². The van der Waals surface area contributed by atoms with Gasteiger partial charge in [-0.25, -0.2) is 18.3 Å². The van der Waals surface area contributed by atoms with E-state index < -0.39 is 22.6 Å². The molecule has 0 aliphatic carbocycles. The molecular weight excluding hydrogens is 422 g/mol. The minimum Gasteiger partial charge on any atom is -0.480 e. The highest BCUT2D eigenvalue weighted by molar-refractivity contribution is 7.92. The van der Waals surface area contributed by atoms with Crippen LogP contribution in [0.15, 0.2) is 64.3 Å². The van der Waals surface area contributed by atoms with Gasteiger partial charge in [0.1, 0.15) is 5.75 Å². The number of aromatic amines is 1. The number of aromatic nitrogens is 2. The number of carbonyl (C=O) groups is 1. The number of benzene rings is 2. The lowest BCUT2D eigenvalue weighted by Crippen LogP contribution is -2.13. The second kappa shape index (κ2) is 8.33. The molecule has 0 spiro atoms. The Hall–Kier alpha value is -3.37. The van der Waals surface area contributed by atoms with E-state index in [2.05, 4.69) is 14.9 Å². The quantitative estimate of drug-likeness (QED) is 0.517. The predicted molar refractivity (Wildman–Crippen MR) is 106 cm³/mol. The van der Waals surface area contributed by atoms with E-state index >= 15 is 0 Å². The van der Waals surface area contributed by atoms with Crippen molar-refractivity contribution in [3.05, 3.63) is 70.0 Å². The standard InChI is InChI=1S/C18H14ClN3O6S/c19-14-9-13(4-6-16(14)28-10-18(24)25)29(26,27)22-12-3-1-2-11(8-12)15-5-7-17(23)21-20-15/h1-9,22H,10H2,(H,21,23)(H,24,25). The Labute approximate surface area is 170 Å². The summed E-state index contributed by atoms with van der Waals surface area (Å²) >= 11 is 5.99. The molecule has 0 amide bonds. The molecule has 11 heteroatoms. The summed E-state index contributed by atoms with van der Waals surface area (Å²) in [5.41, 5.74) is 0.988. The lowest BCUT2D eigenvalue weighted by molar-refractivity contribution is -0.139. The van der Waals surface area contributed by atoms with Crippen molar-refractivity contribution in [2.75, 3.05) is 11.3 Å². The zero-order valence-electron chi connectivity index (χ0n) is 14.6. The Morgan fingerprint density at radius 2 is 1.97 bits per heavy atom. The number of nitrogens with one attached hydrogen (secondary N) is 2. The molecule has 1 aromatic heterocycles. The third-order valence-corrected chi connectivity index (χ3v) is 5.33. The largest absolute Gasteiger partial charge is 0.480 e. The second-order valence-electron chi connectivity index (χ2n) is 5.77. The van der Waals surface area contributed by atoms with Crippen LogP contribution in [0.4, 0.5) is 5.69 Å². The molecular formula is C18H14ClN3O6S. The molecule has 1 heterocycles. The van der Waals surface area contributed by atoms with Crippen LogP contribution >= 0.6 is 11.6 Å². The fourth-order valence-electron chi connectivity index (χ4n) is 2.37. The summed E-state index contributed by atoms with van der Waals surface area (Å²) in [6, 6.07) is 13.0. The van der Waals surface area contributed by atoms with Crippen molar-refractivity contribution < 1.29 is 23.1 Å². The number of hydrogen-bond donors (Lipinski definition) is 3. The monoisotopic (exact) mass is 435 g/mol. The summed E-state index contributed by atoms with van der Waals surface area (Å²) in [4.78, 5) is 21.6. The van der Waals surface area contributed by atoms with Crippen LogP contribution in [0.2, 0.25) is 5.02 Å². The Balaban J connectivity index is 1.83. The molecule has 0 aliphatic rings. The fraction of sp³-hybridized carbons (Fsp3) is 0.0556. The number of carboxylic acid groups (broad SMARTS) is 1. The van der Waals surface area contributed by atoms with Gasteiger partial charge < -0.3 is 9.84 Å². The first-order valence-corrected chi connectivity index (χ1v) is 9.94. The first kappa shape index (κ1) is 20.4. The topological polar surface area (TPSA) is 138 Å². The number of rotatable bonds is 7. The van der Waals surface area contributed by atoms with Crippen molar-refractivity contribution >= 4 is 33.3 Å². The molecule has 0 unspecified atom stereocenters. The smallest absolute Gasteiger partial charge is 0.341 e. The molecule has 0 bridgehead atoms. The second-order valence-corrected chi connectivity index (χ2v) is 7.86. The highest BCUT2D eigenvalue weighted by Gasteiger charge is 2.17. The van der Waals surface area contributed by atoms with Gasteiger partial charge in [0.15, 0.2) is 6.61 Å². The molecule has 150 valence electrons. The normalized spacial score (nSPS) is 11.1. The van der Waals surface area contributed by atoms with Gasteiger partial charge >= 0.3 is 5.97 Å². The number of aliphatic carboxylic acids is 1. The number of H-pyrrole nitrogens is 1. The van der Waals surface area contributed by atoms with E-state index in [0.717, 1.165) is 6.07 Å². The molecule has 0 saturated heterocycles. The summed E-state index contributed by atoms with van der Waals surface area (Å²) in [6.07, 6.45) is 0. The van der Waals surface area contributed by atoms with Crippen molar-refractivity contribution in [3.8, 4) is 17.0 Å². The van der Waals surface area contributed by atoms with E-state index in [1.54, 1.807) is 24.3 Å². The summed E-state index contributed by atoms with van der Waals surface area (Å²) < 4.78 is 32.7. The third kappa shape index (κ3) is 5.12. The van der Waals surface area contributed by atoms with Gasteiger partial charge in [0.25, 0.3) is 15.6 Å². The van der Waals surface area contributed by atoms with E-state index in [-0.39, 0.29) is 26.9 Å². The summed E-state index contributed by atoms with van der Waals surface area (Å²) in [6.45, 7) is -0.602. The fourth-order valence-corrected chi connectivity index (χ4v) is 3.74. The van der Waals surface area contributed by atoms with Gasteiger partial charge in [-0.3, -0.25) is 9.52 Å². The molecule has 0 aliphatic heterocycles. The molecule has 3 aromatic rings. The number of nitrogens with zero attached hydrogens (tertiary/aromatic N) is 1. The molecule has 2 aromatic carbocycles. The van der Waals surface area contributed by atoms with E-state index in [1.165, 1.54) is 24.3 Å². The molecule has 0 atom stereocenters. The van der Waals surface area contributed by atoms with Crippen molar-refractivity contribution in [2.45, 2.75) is 4.90 Å². The summed E-state index contributed by atoms with van der Waals surface area (Å²) in [5.74, 6) is -1.13. The van der Waals surface area contributed by atoms with Crippen LogP contribution in [0.25, 0.3) is 11.3 Å². The van der Waals surface area contributed by atoms with E-state index in [0.29, 0.717) is 11.3 Å². The SMILES string of the molecule is O=C(O)COc1ccc(S(=O)(=O)Nc2cccc(-c3ccc(=O)[nH]n3)c2)cc1Cl. The Kier molecular flexibility index (Phi) is 5.85. The minimum absolute atomic E-state index is 0.0414. The third-order valence-electron chi connectivity index (χ3n) is 3.65. The van der Waals surface area contributed by atoms with Crippen LogP contribution in [0, 0.1) is 0 Å². The number of anilines is 1. The predicted octanol–water partition coefficient (Wildman–Crippen LogP) is 2.35. The Bertz CT molecular complexity index is 1210. The lowest BCUT2D eigenvalue weighted by atomic mass is 10.1. The molecule has 0 fully saturated rings. The van der Waals surface area contributed by atoms with Gasteiger partial charge in [0.05, 0.1) is 15.6 Å². The average Bonchev–Trinajstić information content (AvgIpc) is 2.67. The zero-order chi connectivity index (χ0) is 21.0. The number of hydrogen-bond acceptors (Lipinski definition) is 6. The lowest BCUT2D eigenvalue weighted by Gasteiger charge is -2.11. The maximum absolute atomic E-state index is 12.7. The molecule has 0 radical (unpaired) electrons. The van der Waals surface area contributed by atoms with Crippen molar-refractivity contribution in [3.63, 3.8) is 0 Å².